The molecule has 0 N–H and O–H groups in total. The molecule has 0 bridgehead atoms. The summed E-state index contributed by atoms with van der Waals surface area (Å²) < 4.78 is 10.8. The van der Waals surface area contributed by atoms with Crippen LogP contribution in [-0.4, -0.2) is 18.8 Å². The van der Waals surface area contributed by atoms with Gasteiger partial charge in [0.2, 0.25) is 0 Å². The number of methoxy groups -OCH3 is 1. The van der Waals surface area contributed by atoms with Crippen molar-refractivity contribution in [1.29, 1.82) is 0 Å². The number of thioether (sulfide) groups is 1. The molecule has 3 rings (SSSR count). The molecule has 0 unspecified atom stereocenters. The first-order valence-electron chi connectivity index (χ1n) is 6.53. The van der Waals surface area contributed by atoms with Crippen LogP contribution in [0.5, 0.6) is 11.5 Å². The number of hydrogen-bond acceptors (Lipinski definition) is 4. The van der Waals surface area contributed by atoms with E-state index in [4.69, 9.17) is 9.47 Å². The van der Waals surface area contributed by atoms with Gasteiger partial charge in [0.05, 0.1) is 17.6 Å². The van der Waals surface area contributed by atoms with Crippen LogP contribution in [0.15, 0.2) is 53.4 Å². The Morgan fingerprint density at radius 2 is 2.10 bits per heavy atom. The summed E-state index contributed by atoms with van der Waals surface area (Å²) in [7, 11) is 1.56. The largest absolute Gasteiger partial charge is 0.496 e. The quantitative estimate of drug-likeness (QED) is 0.630. The van der Waals surface area contributed by atoms with Crippen LogP contribution in [0.3, 0.4) is 0 Å². The van der Waals surface area contributed by atoms with Gasteiger partial charge in [0, 0.05) is 6.07 Å². The number of ketones is 1. The maximum atomic E-state index is 12.4. The van der Waals surface area contributed by atoms with E-state index >= 15 is 0 Å². The molecule has 2 aromatic rings. The molecule has 0 saturated heterocycles. The van der Waals surface area contributed by atoms with E-state index in [1.807, 2.05) is 36.4 Å². The Kier molecular flexibility index (Phi) is 3.97. The first-order chi connectivity index (χ1) is 10.3. The maximum Gasteiger partial charge on any atom is 0.189 e. The van der Waals surface area contributed by atoms with Gasteiger partial charge in [-0.05, 0) is 17.7 Å². The number of ether oxygens (including phenoxy) is 2. The molecule has 2 aromatic carbocycles. The maximum absolute atomic E-state index is 12.4. The van der Waals surface area contributed by atoms with Crippen molar-refractivity contribution in [2.24, 2.45) is 0 Å². The fraction of sp³-hybridized carbons (Fsp3) is 0.118. The molecule has 0 amide bonds. The Morgan fingerprint density at radius 1 is 1.29 bits per heavy atom. The van der Waals surface area contributed by atoms with Crippen molar-refractivity contribution < 1.29 is 14.3 Å². The number of fused-ring (bicyclic) bond motifs is 1. The molecule has 0 atom stereocenters. The molecule has 106 valence electrons. The summed E-state index contributed by atoms with van der Waals surface area (Å²) in [6.07, 6.45) is 3.37. The highest BCUT2D eigenvalue weighted by Crippen LogP contribution is 2.40. The van der Waals surface area contributed by atoms with Crippen LogP contribution in [0, 0.1) is 0 Å². The summed E-state index contributed by atoms with van der Waals surface area (Å²) in [6.45, 7) is 0. The van der Waals surface area contributed by atoms with Gasteiger partial charge in [-0.2, -0.15) is 0 Å². The van der Waals surface area contributed by atoms with E-state index in [9.17, 15) is 4.79 Å². The Bertz CT molecular complexity index is 693. The first kappa shape index (κ1) is 13.8. The normalized spacial score (nSPS) is 13.0. The molecule has 0 fully saturated rings. The molecule has 1 aliphatic heterocycles. The van der Waals surface area contributed by atoms with Gasteiger partial charge in [-0.15, -0.1) is 0 Å². The van der Waals surface area contributed by atoms with Crippen molar-refractivity contribution >= 4 is 23.6 Å². The van der Waals surface area contributed by atoms with E-state index in [1.54, 1.807) is 37.1 Å². The highest BCUT2D eigenvalue weighted by Gasteiger charge is 2.19. The van der Waals surface area contributed by atoms with Crippen molar-refractivity contribution in [3.05, 3.63) is 59.7 Å². The van der Waals surface area contributed by atoms with Crippen molar-refractivity contribution in [3.8, 4) is 11.5 Å². The minimum absolute atomic E-state index is 0.0778. The highest BCUT2D eigenvalue weighted by atomic mass is 32.2. The van der Waals surface area contributed by atoms with E-state index in [0.717, 1.165) is 16.2 Å². The molecule has 0 aliphatic carbocycles. The average Bonchev–Trinajstić information content (AvgIpc) is 2.99. The molecule has 1 heterocycles. The van der Waals surface area contributed by atoms with Crippen molar-refractivity contribution in [1.82, 2.24) is 0 Å². The summed E-state index contributed by atoms with van der Waals surface area (Å²) in [6, 6.07) is 13.3. The molecular weight excluding hydrogens is 284 g/mol. The molecule has 21 heavy (non-hydrogen) atoms. The molecule has 4 heteroatoms. The number of benzene rings is 2. The van der Waals surface area contributed by atoms with Gasteiger partial charge in [-0.1, -0.05) is 48.2 Å². The summed E-state index contributed by atoms with van der Waals surface area (Å²) >= 11 is 1.58. The van der Waals surface area contributed by atoms with Gasteiger partial charge in [0.25, 0.3) is 0 Å². The zero-order valence-corrected chi connectivity index (χ0v) is 12.4. The second-order valence-corrected chi connectivity index (χ2v) is 5.48. The minimum Gasteiger partial charge on any atom is -0.496 e. The minimum atomic E-state index is -0.0778. The van der Waals surface area contributed by atoms with E-state index in [0.29, 0.717) is 17.3 Å². The van der Waals surface area contributed by atoms with Crippen molar-refractivity contribution in [3.63, 3.8) is 0 Å². The number of allylic oxidation sites excluding steroid dienone is 1. The zero-order valence-electron chi connectivity index (χ0n) is 11.5. The second kappa shape index (κ2) is 6.06. The average molecular weight is 298 g/mol. The Hall–Kier alpha value is -2.20. The lowest BCUT2D eigenvalue weighted by Crippen LogP contribution is -1.99. The third-order valence-corrected chi connectivity index (χ3v) is 4.05. The van der Waals surface area contributed by atoms with Crippen LogP contribution in [-0.2, 0) is 0 Å². The fourth-order valence-electron chi connectivity index (χ4n) is 2.11. The van der Waals surface area contributed by atoms with Gasteiger partial charge >= 0.3 is 0 Å². The molecular formula is C17H14O3S. The van der Waals surface area contributed by atoms with Crippen LogP contribution in [0.4, 0.5) is 0 Å². The highest BCUT2D eigenvalue weighted by molar-refractivity contribution is 7.99. The SMILES string of the molecule is COc1cc2c(cc1C(=O)/C=C/c1ccccc1)SCO2. The van der Waals surface area contributed by atoms with Gasteiger partial charge in [-0.25, -0.2) is 0 Å². The summed E-state index contributed by atoms with van der Waals surface area (Å²) in [5, 5.41) is 0. The standard InChI is InChI=1S/C17H14O3S/c1-19-15-10-16-17(21-11-20-16)9-13(15)14(18)8-7-12-5-3-2-4-6-12/h2-10H,11H2,1H3/b8-7+. The smallest absolute Gasteiger partial charge is 0.189 e. The van der Waals surface area contributed by atoms with E-state index in [-0.39, 0.29) is 5.78 Å². The lowest BCUT2D eigenvalue weighted by molar-refractivity contribution is 0.104. The van der Waals surface area contributed by atoms with Crippen LogP contribution in [0.2, 0.25) is 0 Å². The van der Waals surface area contributed by atoms with Crippen LogP contribution in [0.1, 0.15) is 15.9 Å². The Morgan fingerprint density at radius 3 is 2.86 bits per heavy atom. The van der Waals surface area contributed by atoms with Crippen LogP contribution < -0.4 is 9.47 Å². The van der Waals surface area contributed by atoms with Crippen molar-refractivity contribution in [2.45, 2.75) is 4.90 Å². The fourth-order valence-corrected chi connectivity index (χ4v) is 2.88. The lowest BCUT2D eigenvalue weighted by atomic mass is 10.1. The van der Waals surface area contributed by atoms with Gasteiger partial charge in [-0.3, -0.25) is 4.79 Å². The topological polar surface area (TPSA) is 35.5 Å². The van der Waals surface area contributed by atoms with Crippen molar-refractivity contribution in [2.75, 3.05) is 13.0 Å². The van der Waals surface area contributed by atoms with Crippen LogP contribution >= 0.6 is 11.8 Å². The zero-order chi connectivity index (χ0) is 14.7. The lowest BCUT2D eigenvalue weighted by Gasteiger charge is -2.08. The molecule has 0 aromatic heterocycles. The van der Waals surface area contributed by atoms with Gasteiger partial charge in [0.15, 0.2) is 5.78 Å². The Balaban J connectivity index is 1.89. The third kappa shape index (κ3) is 2.95. The van der Waals surface area contributed by atoms with E-state index < -0.39 is 0 Å². The van der Waals surface area contributed by atoms with Crippen LogP contribution in [0.25, 0.3) is 6.08 Å². The van der Waals surface area contributed by atoms with Gasteiger partial charge in [0.1, 0.15) is 17.4 Å². The summed E-state index contributed by atoms with van der Waals surface area (Å²) in [5.41, 5.74) is 1.55. The van der Waals surface area contributed by atoms with E-state index in [1.165, 1.54) is 0 Å². The predicted octanol–water partition coefficient (Wildman–Crippen LogP) is 4.03. The monoisotopic (exact) mass is 298 g/mol. The number of carbonyl (C=O) groups is 1. The first-order valence-corrected chi connectivity index (χ1v) is 7.51. The molecule has 1 aliphatic rings. The van der Waals surface area contributed by atoms with E-state index in [2.05, 4.69) is 0 Å². The second-order valence-electron chi connectivity index (χ2n) is 4.51. The molecule has 3 nitrogen and oxygen atoms in total. The predicted molar refractivity (Wildman–Crippen MR) is 84.2 cm³/mol. The Labute approximate surface area is 127 Å². The molecule has 0 spiro atoms. The molecule has 0 saturated carbocycles. The van der Waals surface area contributed by atoms with Gasteiger partial charge < -0.3 is 9.47 Å². The molecule has 0 radical (unpaired) electrons. The summed E-state index contributed by atoms with van der Waals surface area (Å²) in [4.78, 5) is 13.4. The number of hydrogen-bond donors (Lipinski definition) is 0. The number of rotatable bonds is 4. The summed E-state index contributed by atoms with van der Waals surface area (Å²) in [5.74, 6) is 1.82. The third-order valence-electron chi connectivity index (χ3n) is 3.19. The number of carbonyl (C=O) groups excluding carboxylic acids is 1.